The van der Waals surface area contributed by atoms with Crippen LogP contribution in [0.25, 0.3) is 0 Å². The SMILES string of the molecule is O=C1CC(c2ccccc2)C2(Oc3ccccc3C2=O)C(c2ccc(Br)cc2)C1. The molecule has 4 heteroatoms. The Morgan fingerprint density at radius 3 is 2.00 bits per heavy atom. The summed E-state index contributed by atoms with van der Waals surface area (Å²) in [6.07, 6.45) is 0.599. The molecule has 29 heavy (non-hydrogen) atoms. The molecule has 1 fully saturated rings. The minimum Gasteiger partial charge on any atom is -0.477 e. The molecule has 2 aliphatic rings. The average molecular weight is 447 g/mol. The van der Waals surface area contributed by atoms with Crippen LogP contribution in [0.3, 0.4) is 0 Å². The maximum absolute atomic E-state index is 13.9. The molecule has 3 nitrogen and oxygen atoms in total. The van der Waals surface area contributed by atoms with E-state index in [1.807, 2.05) is 78.9 Å². The van der Waals surface area contributed by atoms with Crippen molar-refractivity contribution >= 4 is 27.5 Å². The highest BCUT2D eigenvalue weighted by Crippen LogP contribution is 2.55. The zero-order valence-electron chi connectivity index (χ0n) is 15.7. The van der Waals surface area contributed by atoms with Crippen molar-refractivity contribution < 1.29 is 14.3 Å². The van der Waals surface area contributed by atoms with Crippen LogP contribution in [0.2, 0.25) is 0 Å². The summed E-state index contributed by atoms with van der Waals surface area (Å²) < 4.78 is 7.50. The molecule has 0 N–H and O–H groups in total. The fourth-order valence-electron chi connectivity index (χ4n) is 4.84. The van der Waals surface area contributed by atoms with Gasteiger partial charge in [0.25, 0.3) is 0 Å². The van der Waals surface area contributed by atoms with E-state index in [9.17, 15) is 9.59 Å². The van der Waals surface area contributed by atoms with Gasteiger partial charge in [0, 0.05) is 29.2 Å². The zero-order valence-corrected chi connectivity index (χ0v) is 17.3. The maximum atomic E-state index is 13.9. The highest BCUT2D eigenvalue weighted by atomic mass is 79.9. The number of benzene rings is 3. The van der Waals surface area contributed by atoms with Crippen molar-refractivity contribution in [2.45, 2.75) is 30.3 Å². The largest absolute Gasteiger partial charge is 0.477 e. The normalized spacial score (nSPS) is 25.7. The molecule has 0 saturated heterocycles. The van der Waals surface area contributed by atoms with Crippen LogP contribution in [0, 0.1) is 0 Å². The summed E-state index contributed by atoms with van der Waals surface area (Å²) in [5.74, 6) is 0.0578. The molecule has 1 aliphatic carbocycles. The Morgan fingerprint density at radius 1 is 0.759 bits per heavy atom. The second kappa shape index (κ2) is 6.96. The first kappa shape index (κ1) is 18.3. The number of hydrogen-bond donors (Lipinski definition) is 0. The number of rotatable bonds is 2. The van der Waals surface area contributed by atoms with Crippen molar-refractivity contribution in [1.82, 2.24) is 0 Å². The molecule has 5 rings (SSSR count). The minimum absolute atomic E-state index is 0.0256. The third kappa shape index (κ3) is 2.85. The number of halogens is 1. The van der Waals surface area contributed by atoms with E-state index < -0.39 is 5.60 Å². The topological polar surface area (TPSA) is 43.4 Å². The van der Waals surface area contributed by atoms with Gasteiger partial charge in [0.05, 0.1) is 5.56 Å². The molecule has 0 bridgehead atoms. The number of carbonyl (C=O) groups excluding carboxylic acids is 2. The molecule has 144 valence electrons. The lowest BCUT2D eigenvalue weighted by atomic mass is 9.61. The summed E-state index contributed by atoms with van der Waals surface area (Å²) in [6.45, 7) is 0. The van der Waals surface area contributed by atoms with Gasteiger partial charge in [-0.15, -0.1) is 0 Å². The summed E-state index contributed by atoms with van der Waals surface area (Å²) in [5, 5.41) is 0. The molecular weight excluding hydrogens is 428 g/mol. The fourth-order valence-corrected chi connectivity index (χ4v) is 5.10. The van der Waals surface area contributed by atoms with Gasteiger partial charge in [0.15, 0.2) is 5.60 Å². The third-order valence-electron chi connectivity index (χ3n) is 6.14. The number of Topliss-reactive ketones (excluding diaryl/α,β-unsaturated/α-hetero) is 2. The van der Waals surface area contributed by atoms with Gasteiger partial charge in [-0.2, -0.15) is 0 Å². The van der Waals surface area contributed by atoms with Crippen LogP contribution >= 0.6 is 15.9 Å². The smallest absolute Gasteiger partial charge is 0.211 e. The first-order chi connectivity index (χ1) is 14.1. The van der Waals surface area contributed by atoms with Crippen LogP contribution in [0.15, 0.2) is 83.3 Å². The highest BCUT2D eigenvalue weighted by Gasteiger charge is 2.61. The number of hydrogen-bond acceptors (Lipinski definition) is 3. The number of ketones is 2. The Labute approximate surface area is 177 Å². The second-order valence-corrected chi connectivity index (χ2v) is 8.65. The van der Waals surface area contributed by atoms with Gasteiger partial charge >= 0.3 is 0 Å². The second-order valence-electron chi connectivity index (χ2n) is 7.73. The van der Waals surface area contributed by atoms with Gasteiger partial charge in [0.2, 0.25) is 5.78 Å². The van der Waals surface area contributed by atoms with E-state index >= 15 is 0 Å². The predicted molar refractivity (Wildman–Crippen MR) is 114 cm³/mol. The highest BCUT2D eigenvalue weighted by molar-refractivity contribution is 9.10. The molecule has 1 saturated carbocycles. The average Bonchev–Trinajstić information content (AvgIpc) is 3.04. The lowest BCUT2D eigenvalue weighted by Crippen LogP contribution is -2.55. The number of fused-ring (bicyclic) bond motifs is 1. The number of para-hydroxylation sites is 1. The Morgan fingerprint density at radius 2 is 1.34 bits per heavy atom. The molecule has 3 unspecified atom stereocenters. The first-order valence-electron chi connectivity index (χ1n) is 9.74. The zero-order chi connectivity index (χ0) is 20.0. The first-order valence-corrected chi connectivity index (χ1v) is 10.5. The molecule has 1 spiro atoms. The van der Waals surface area contributed by atoms with Gasteiger partial charge in [-0.1, -0.05) is 70.5 Å². The van der Waals surface area contributed by atoms with E-state index in [2.05, 4.69) is 15.9 Å². The van der Waals surface area contributed by atoms with Crippen LogP contribution in [0.1, 0.15) is 46.2 Å². The maximum Gasteiger partial charge on any atom is 0.211 e. The van der Waals surface area contributed by atoms with Crippen LogP contribution < -0.4 is 4.74 Å². The lowest BCUT2D eigenvalue weighted by Gasteiger charge is -2.45. The van der Waals surface area contributed by atoms with Crippen LogP contribution in [0.5, 0.6) is 5.75 Å². The van der Waals surface area contributed by atoms with Crippen LogP contribution in [-0.2, 0) is 4.79 Å². The standard InChI is InChI=1S/C25H19BrO3/c26-18-12-10-17(11-13-18)22-15-19(27)14-21(16-6-2-1-3-7-16)25(22)24(28)20-8-4-5-9-23(20)29-25/h1-13,21-22H,14-15H2. The van der Waals surface area contributed by atoms with Crippen molar-refractivity contribution in [1.29, 1.82) is 0 Å². The van der Waals surface area contributed by atoms with E-state index in [1.54, 1.807) is 0 Å². The van der Waals surface area contributed by atoms with E-state index in [-0.39, 0.29) is 23.4 Å². The van der Waals surface area contributed by atoms with Crippen molar-refractivity contribution in [3.8, 4) is 5.75 Å². The van der Waals surface area contributed by atoms with Crippen molar-refractivity contribution in [2.75, 3.05) is 0 Å². The Kier molecular flexibility index (Phi) is 4.39. The minimum atomic E-state index is -1.12. The van der Waals surface area contributed by atoms with Crippen molar-refractivity contribution in [2.24, 2.45) is 0 Å². The molecule has 0 radical (unpaired) electrons. The molecule has 3 aromatic rings. The van der Waals surface area contributed by atoms with E-state index in [4.69, 9.17) is 4.74 Å². The summed E-state index contributed by atoms with van der Waals surface area (Å²) in [5.41, 5.74) is 1.39. The van der Waals surface area contributed by atoms with Crippen LogP contribution in [0.4, 0.5) is 0 Å². The van der Waals surface area contributed by atoms with Gasteiger partial charge in [-0.05, 0) is 35.4 Å². The summed E-state index contributed by atoms with van der Waals surface area (Å²) in [6, 6.07) is 25.1. The monoisotopic (exact) mass is 446 g/mol. The van der Waals surface area contributed by atoms with Gasteiger partial charge in [-0.25, -0.2) is 0 Å². The lowest BCUT2D eigenvalue weighted by molar-refractivity contribution is -0.125. The summed E-state index contributed by atoms with van der Waals surface area (Å²) in [4.78, 5) is 26.7. The molecule has 0 amide bonds. The van der Waals surface area contributed by atoms with Gasteiger partial charge in [0.1, 0.15) is 11.5 Å². The summed E-state index contributed by atoms with van der Waals surface area (Å²) >= 11 is 3.47. The quantitative estimate of drug-likeness (QED) is 0.507. The number of carbonyl (C=O) groups is 2. The molecule has 0 aromatic heterocycles. The Hall–Kier alpha value is -2.72. The Bertz CT molecular complexity index is 1090. The van der Waals surface area contributed by atoms with E-state index in [0.29, 0.717) is 24.2 Å². The number of ether oxygens (including phenoxy) is 1. The molecule has 1 heterocycles. The third-order valence-corrected chi connectivity index (χ3v) is 6.67. The van der Waals surface area contributed by atoms with Crippen molar-refractivity contribution in [3.63, 3.8) is 0 Å². The van der Waals surface area contributed by atoms with Crippen molar-refractivity contribution in [3.05, 3.63) is 100 Å². The van der Waals surface area contributed by atoms with Gasteiger partial charge in [-0.3, -0.25) is 9.59 Å². The van der Waals surface area contributed by atoms with E-state index in [0.717, 1.165) is 15.6 Å². The molecular formula is C25H19BrO3. The molecule has 1 aliphatic heterocycles. The fraction of sp³-hybridized carbons (Fsp3) is 0.200. The Balaban J connectivity index is 1.73. The predicted octanol–water partition coefficient (Wildman–Crippen LogP) is 5.69. The molecule has 3 atom stereocenters. The van der Waals surface area contributed by atoms with E-state index in [1.165, 1.54) is 0 Å². The summed E-state index contributed by atoms with van der Waals surface area (Å²) in [7, 11) is 0. The van der Waals surface area contributed by atoms with Crippen LogP contribution in [-0.4, -0.2) is 17.2 Å². The van der Waals surface area contributed by atoms with Gasteiger partial charge < -0.3 is 4.74 Å². The molecule has 3 aromatic carbocycles.